The van der Waals surface area contributed by atoms with E-state index < -0.39 is 0 Å². The van der Waals surface area contributed by atoms with Crippen molar-refractivity contribution in [3.05, 3.63) is 54.3 Å². The van der Waals surface area contributed by atoms with Crippen molar-refractivity contribution in [1.82, 2.24) is 10.1 Å². The van der Waals surface area contributed by atoms with Crippen LogP contribution in [0, 0.1) is 13.8 Å². The number of benzene rings is 1. The van der Waals surface area contributed by atoms with Crippen LogP contribution in [0.25, 0.3) is 0 Å². The maximum atomic E-state index is 12.5. The molecule has 0 aliphatic rings. The number of urea groups is 1. The zero-order valence-electron chi connectivity index (χ0n) is 13.7. The summed E-state index contributed by atoms with van der Waals surface area (Å²) in [5, 5.41) is 9.00. The Labute approximate surface area is 140 Å². The van der Waals surface area contributed by atoms with Crippen molar-refractivity contribution in [2.75, 3.05) is 23.7 Å². The highest BCUT2D eigenvalue weighted by atomic mass is 16.5. The van der Waals surface area contributed by atoms with Crippen LogP contribution in [0.4, 0.5) is 16.3 Å². The van der Waals surface area contributed by atoms with Gasteiger partial charge in [0.15, 0.2) is 5.82 Å². The van der Waals surface area contributed by atoms with Crippen molar-refractivity contribution in [1.29, 1.82) is 0 Å². The number of nitrogens with one attached hydrogen (secondary N) is 2. The summed E-state index contributed by atoms with van der Waals surface area (Å²) in [5.74, 6) is -0.0730. The second-order valence-corrected chi connectivity index (χ2v) is 5.30. The fraction of sp³-hybridized carbons (Fsp3) is 0.235. The monoisotopic (exact) mass is 328 g/mol. The van der Waals surface area contributed by atoms with Gasteiger partial charge >= 0.3 is 6.03 Å². The second kappa shape index (κ2) is 7.96. The van der Waals surface area contributed by atoms with Gasteiger partial charge in [0, 0.05) is 18.3 Å². The number of aromatic nitrogens is 1. The maximum Gasteiger partial charge on any atom is 0.322 e. The number of carbonyl (C=O) groups is 2. The lowest BCUT2D eigenvalue weighted by atomic mass is 10.1. The Morgan fingerprint density at radius 3 is 2.54 bits per heavy atom. The van der Waals surface area contributed by atoms with Crippen LogP contribution in [0.1, 0.15) is 11.1 Å². The fourth-order valence-electron chi connectivity index (χ4n) is 2.21. The lowest BCUT2D eigenvalue weighted by molar-refractivity contribution is -0.116. The molecule has 126 valence electrons. The van der Waals surface area contributed by atoms with Crippen LogP contribution >= 0.6 is 0 Å². The molecule has 0 radical (unpaired) electrons. The number of para-hydroxylation sites is 1. The van der Waals surface area contributed by atoms with Gasteiger partial charge in [-0.3, -0.25) is 4.79 Å². The van der Waals surface area contributed by atoms with Gasteiger partial charge in [0.25, 0.3) is 0 Å². The zero-order valence-corrected chi connectivity index (χ0v) is 13.7. The highest BCUT2D eigenvalue weighted by molar-refractivity contribution is 5.97. The minimum Gasteiger partial charge on any atom is -0.363 e. The van der Waals surface area contributed by atoms with Crippen LogP contribution in [0.15, 0.2) is 47.7 Å². The Morgan fingerprint density at radius 1 is 1.25 bits per heavy atom. The molecule has 0 fully saturated rings. The lowest BCUT2D eigenvalue weighted by Crippen LogP contribution is -2.41. The molecule has 7 nitrogen and oxygen atoms in total. The molecule has 3 amide bonds. The predicted molar refractivity (Wildman–Crippen MR) is 91.8 cm³/mol. The van der Waals surface area contributed by atoms with Crippen LogP contribution in [0.3, 0.4) is 0 Å². The van der Waals surface area contributed by atoms with Gasteiger partial charge in [-0.15, -0.1) is 6.58 Å². The van der Waals surface area contributed by atoms with Crippen molar-refractivity contribution in [2.45, 2.75) is 13.8 Å². The molecule has 0 spiro atoms. The van der Waals surface area contributed by atoms with Crippen molar-refractivity contribution >= 4 is 23.4 Å². The normalized spacial score (nSPS) is 10.1. The van der Waals surface area contributed by atoms with Gasteiger partial charge in [-0.25, -0.2) is 4.79 Å². The first-order valence-corrected chi connectivity index (χ1v) is 7.44. The van der Waals surface area contributed by atoms with Gasteiger partial charge in [0.2, 0.25) is 5.91 Å². The van der Waals surface area contributed by atoms with Gasteiger partial charge in [-0.2, -0.15) is 0 Å². The van der Waals surface area contributed by atoms with E-state index >= 15 is 0 Å². The smallest absolute Gasteiger partial charge is 0.322 e. The molecule has 0 saturated heterocycles. The number of anilines is 2. The Hall–Kier alpha value is -3.09. The summed E-state index contributed by atoms with van der Waals surface area (Å²) >= 11 is 0. The Morgan fingerprint density at radius 2 is 1.96 bits per heavy atom. The minimum absolute atomic E-state index is 0.129. The molecule has 0 bridgehead atoms. The molecule has 0 saturated carbocycles. The van der Waals surface area contributed by atoms with Gasteiger partial charge in [-0.1, -0.05) is 29.4 Å². The van der Waals surface area contributed by atoms with Crippen LogP contribution in [-0.2, 0) is 4.79 Å². The topological polar surface area (TPSA) is 87.5 Å². The van der Waals surface area contributed by atoms with E-state index in [0.717, 1.165) is 16.8 Å². The number of amides is 3. The molecule has 1 aromatic heterocycles. The van der Waals surface area contributed by atoms with E-state index in [1.54, 1.807) is 6.08 Å². The van der Waals surface area contributed by atoms with Crippen LogP contribution in [-0.4, -0.2) is 35.1 Å². The quantitative estimate of drug-likeness (QED) is 0.798. The number of hydrogen-bond donors (Lipinski definition) is 2. The van der Waals surface area contributed by atoms with Gasteiger partial charge in [-0.05, 0) is 25.0 Å². The van der Waals surface area contributed by atoms with E-state index in [2.05, 4.69) is 26.9 Å². The number of rotatable bonds is 6. The zero-order chi connectivity index (χ0) is 17.5. The number of hydrogen-bond acceptors (Lipinski definition) is 4. The summed E-state index contributed by atoms with van der Waals surface area (Å²) in [6.45, 7) is 7.57. The summed E-state index contributed by atoms with van der Waals surface area (Å²) in [6.07, 6.45) is 2.92. The molecular formula is C17H20N4O3. The number of nitrogens with zero attached hydrogens (tertiary/aromatic N) is 2. The van der Waals surface area contributed by atoms with E-state index in [1.165, 1.54) is 17.2 Å². The second-order valence-electron chi connectivity index (χ2n) is 5.30. The van der Waals surface area contributed by atoms with E-state index in [0.29, 0.717) is 5.82 Å². The van der Waals surface area contributed by atoms with Gasteiger partial charge < -0.3 is 20.1 Å². The largest absolute Gasteiger partial charge is 0.363 e. The lowest BCUT2D eigenvalue weighted by Gasteiger charge is -2.22. The predicted octanol–water partition coefficient (Wildman–Crippen LogP) is 2.95. The first-order valence-electron chi connectivity index (χ1n) is 7.44. The third-order valence-electron chi connectivity index (χ3n) is 3.39. The molecule has 2 N–H and O–H groups in total. The van der Waals surface area contributed by atoms with E-state index in [4.69, 9.17) is 0 Å². The maximum absolute atomic E-state index is 12.5. The average molecular weight is 328 g/mol. The van der Waals surface area contributed by atoms with Gasteiger partial charge in [0.05, 0.1) is 0 Å². The Balaban J connectivity index is 2.04. The summed E-state index contributed by atoms with van der Waals surface area (Å²) in [7, 11) is 0. The molecule has 0 aliphatic heterocycles. The average Bonchev–Trinajstić information content (AvgIpc) is 3.03. The van der Waals surface area contributed by atoms with Crippen molar-refractivity contribution in [3.8, 4) is 0 Å². The summed E-state index contributed by atoms with van der Waals surface area (Å²) < 4.78 is 4.65. The molecule has 2 rings (SSSR count). The third-order valence-corrected chi connectivity index (χ3v) is 3.39. The first-order chi connectivity index (χ1) is 11.5. The Bertz CT molecular complexity index is 705. The summed E-state index contributed by atoms with van der Waals surface area (Å²) in [4.78, 5) is 25.9. The number of carbonyl (C=O) groups excluding carboxylic acids is 2. The molecule has 1 aromatic carbocycles. The summed E-state index contributed by atoms with van der Waals surface area (Å²) in [6, 6.07) is 6.90. The third kappa shape index (κ3) is 4.45. The molecule has 7 heteroatoms. The molecule has 24 heavy (non-hydrogen) atoms. The molecule has 2 aromatic rings. The van der Waals surface area contributed by atoms with E-state index in [1.807, 2.05) is 32.0 Å². The van der Waals surface area contributed by atoms with Crippen molar-refractivity contribution in [3.63, 3.8) is 0 Å². The SMILES string of the molecule is C=CCN(CC(=O)Nc1ccon1)C(=O)Nc1c(C)cccc1C. The first kappa shape index (κ1) is 17.3. The van der Waals surface area contributed by atoms with Gasteiger partial charge in [0.1, 0.15) is 12.8 Å². The van der Waals surface area contributed by atoms with Crippen LogP contribution in [0.5, 0.6) is 0 Å². The van der Waals surface area contributed by atoms with Crippen LogP contribution < -0.4 is 10.6 Å². The van der Waals surface area contributed by atoms with E-state index in [9.17, 15) is 9.59 Å². The van der Waals surface area contributed by atoms with Crippen molar-refractivity contribution < 1.29 is 14.1 Å². The molecule has 1 heterocycles. The summed E-state index contributed by atoms with van der Waals surface area (Å²) in [5.41, 5.74) is 2.65. The van der Waals surface area contributed by atoms with Crippen LogP contribution in [0.2, 0.25) is 0 Å². The fourth-order valence-corrected chi connectivity index (χ4v) is 2.21. The molecule has 0 aliphatic carbocycles. The standard InChI is InChI=1S/C17H20N4O3/c1-4-9-21(11-15(22)18-14-8-10-24-20-14)17(23)19-16-12(2)6-5-7-13(16)3/h4-8,10H,1,9,11H2,2-3H3,(H,19,23)(H,18,20,22). The number of aryl methyl sites for hydroxylation is 2. The Kier molecular flexibility index (Phi) is 5.73. The molecule has 0 unspecified atom stereocenters. The molecular weight excluding hydrogens is 308 g/mol. The minimum atomic E-state index is -0.373. The van der Waals surface area contributed by atoms with Crippen molar-refractivity contribution in [2.24, 2.45) is 0 Å². The van der Waals surface area contributed by atoms with E-state index in [-0.39, 0.29) is 25.0 Å². The highest BCUT2D eigenvalue weighted by Gasteiger charge is 2.18. The molecule has 0 atom stereocenters. The highest BCUT2D eigenvalue weighted by Crippen LogP contribution is 2.19.